The van der Waals surface area contributed by atoms with E-state index in [-0.39, 0.29) is 16.9 Å². The van der Waals surface area contributed by atoms with E-state index in [1.165, 1.54) is 12.3 Å². The molecule has 3 heterocycles. The quantitative estimate of drug-likeness (QED) is 0.740. The van der Waals surface area contributed by atoms with Gasteiger partial charge in [0.15, 0.2) is 0 Å². The van der Waals surface area contributed by atoms with E-state index >= 15 is 0 Å². The Morgan fingerprint density at radius 1 is 1.40 bits per heavy atom. The number of carbonyl (C=O) groups excluding carboxylic acids is 1. The lowest BCUT2D eigenvalue weighted by atomic mass is 10.3. The van der Waals surface area contributed by atoms with Gasteiger partial charge in [0.05, 0.1) is 0 Å². The summed E-state index contributed by atoms with van der Waals surface area (Å²) in [6, 6.07) is 6.99. The largest absolute Gasteiger partial charge is 0.327 e. The first kappa shape index (κ1) is 12.2. The molecule has 0 aliphatic carbocycles. The van der Waals surface area contributed by atoms with Crippen LogP contribution in [0.5, 0.6) is 0 Å². The van der Waals surface area contributed by atoms with Gasteiger partial charge in [-0.3, -0.25) is 9.59 Å². The number of anilines is 1. The number of fused-ring (bicyclic) bond motifs is 1. The number of aryl methyl sites for hydroxylation is 1. The molecule has 0 saturated heterocycles. The number of imidazole rings is 1. The monoisotopic (exact) mass is 268 g/mol. The third-order valence-electron chi connectivity index (χ3n) is 2.91. The van der Waals surface area contributed by atoms with E-state index in [0.717, 1.165) is 5.56 Å². The van der Waals surface area contributed by atoms with Crippen molar-refractivity contribution >= 4 is 17.2 Å². The molecule has 6 nitrogen and oxygen atoms in total. The molecule has 0 aliphatic rings. The summed E-state index contributed by atoms with van der Waals surface area (Å²) in [5.41, 5.74) is 1.87. The van der Waals surface area contributed by atoms with Crippen LogP contribution in [0.15, 0.2) is 47.7 Å². The zero-order valence-electron chi connectivity index (χ0n) is 10.8. The number of amides is 1. The molecule has 100 valence electrons. The molecule has 0 aliphatic heterocycles. The Morgan fingerprint density at radius 2 is 2.25 bits per heavy atom. The Kier molecular flexibility index (Phi) is 2.83. The number of carbonyl (C=O) groups is 1. The van der Waals surface area contributed by atoms with Crippen LogP contribution in [0.3, 0.4) is 0 Å². The third kappa shape index (κ3) is 2.18. The zero-order chi connectivity index (χ0) is 14.1. The normalized spacial score (nSPS) is 10.7. The Bertz CT molecular complexity index is 848. The summed E-state index contributed by atoms with van der Waals surface area (Å²) >= 11 is 0. The summed E-state index contributed by atoms with van der Waals surface area (Å²) in [5, 5.41) is 2.54. The predicted octanol–water partition coefficient (Wildman–Crippen LogP) is 1.58. The highest BCUT2D eigenvalue weighted by Gasteiger charge is 2.12. The van der Waals surface area contributed by atoms with Crippen LogP contribution in [0, 0.1) is 6.92 Å². The highest BCUT2D eigenvalue weighted by atomic mass is 16.2. The number of aromatic nitrogens is 3. The topological polar surface area (TPSA) is 79.3 Å². The number of aromatic amines is 1. The van der Waals surface area contributed by atoms with Crippen molar-refractivity contribution in [1.29, 1.82) is 0 Å². The zero-order valence-corrected chi connectivity index (χ0v) is 10.8. The van der Waals surface area contributed by atoms with Gasteiger partial charge in [0.2, 0.25) is 0 Å². The van der Waals surface area contributed by atoms with E-state index in [4.69, 9.17) is 0 Å². The molecule has 0 radical (unpaired) electrons. The summed E-state index contributed by atoms with van der Waals surface area (Å²) in [7, 11) is 0. The standard InChI is InChI=1S/C14H12N4O2/c1-9-4-6-18-8-11(16-12(18)7-9)14(20)17-10-3-2-5-15-13(10)19/h2-8H,1H3,(H,15,19)(H,17,20). The summed E-state index contributed by atoms with van der Waals surface area (Å²) in [4.78, 5) is 30.3. The first-order valence-corrected chi connectivity index (χ1v) is 6.08. The molecular formula is C14H12N4O2. The number of rotatable bonds is 2. The lowest BCUT2D eigenvalue weighted by Crippen LogP contribution is -2.19. The Hall–Kier alpha value is -2.89. The maximum Gasteiger partial charge on any atom is 0.276 e. The van der Waals surface area contributed by atoms with Gasteiger partial charge in [-0.25, -0.2) is 4.98 Å². The molecule has 0 unspecified atom stereocenters. The van der Waals surface area contributed by atoms with E-state index in [1.807, 2.05) is 25.3 Å². The molecule has 3 rings (SSSR count). The molecule has 0 aromatic carbocycles. The van der Waals surface area contributed by atoms with Crippen molar-refractivity contribution in [3.05, 3.63) is 64.5 Å². The average Bonchev–Trinajstić information content (AvgIpc) is 2.84. The van der Waals surface area contributed by atoms with Crippen LogP contribution in [-0.4, -0.2) is 20.3 Å². The van der Waals surface area contributed by atoms with Crippen molar-refractivity contribution in [2.24, 2.45) is 0 Å². The first-order valence-electron chi connectivity index (χ1n) is 6.08. The van der Waals surface area contributed by atoms with Crippen LogP contribution in [0.25, 0.3) is 5.65 Å². The molecule has 0 spiro atoms. The van der Waals surface area contributed by atoms with E-state index < -0.39 is 5.91 Å². The predicted molar refractivity (Wildman–Crippen MR) is 74.9 cm³/mol. The second kappa shape index (κ2) is 4.65. The van der Waals surface area contributed by atoms with Crippen LogP contribution in [0.2, 0.25) is 0 Å². The van der Waals surface area contributed by atoms with Gasteiger partial charge in [-0.2, -0.15) is 0 Å². The van der Waals surface area contributed by atoms with Gasteiger partial charge >= 0.3 is 0 Å². The fourth-order valence-corrected chi connectivity index (χ4v) is 1.90. The molecule has 20 heavy (non-hydrogen) atoms. The van der Waals surface area contributed by atoms with Gasteiger partial charge in [0.1, 0.15) is 17.0 Å². The second-order valence-corrected chi connectivity index (χ2v) is 4.46. The van der Waals surface area contributed by atoms with Crippen molar-refractivity contribution in [3.8, 4) is 0 Å². The number of pyridine rings is 2. The minimum Gasteiger partial charge on any atom is -0.327 e. The molecule has 3 aromatic heterocycles. The lowest BCUT2D eigenvalue weighted by molar-refractivity contribution is 0.102. The Morgan fingerprint density at radius 3 is 3.05 bits per heavy atom. The Balaban J connectivity index is 1.93. The molecule has 6 heteroatoms. The fourth-order valence-electron chi connectivity index (χ4n) is 1.90. The lowest BCUT2D eigenvalue weighted by Gasteiger charge is -2.00. The molecule has 3 aromatic rings. The Labute approximate surface area is 114 Å². The fraction of sp³-hybridized carbons (Fsp3) is 0.0714. The number of hydrogen-bond donors (Lipinski definition) is 2. The third-order valence-corrected chi connectivity index (χ3v) is 2.91. The number of nitrogens with one attached hydrogen (secondary N) is 2. The maximum absolute atomic E-state index is 12.1. The van der Waals surface area contributed by atoms with Crippen molar-refractivity contribution in [2.45, 2.75) is 6.92 Å². The van der Waals surface area contributed by atoms with Crippen molar-refractivity contribution in [1.82, 2.24) is 14.4 Å². The van der Waals surface area contributed by atoms with E-state index in [0.29, 0.717) is 5.65 Å². The van der Waals surface area contributed by atoms with E-state index in [2.05, 4.69) is 15.3 Å². The maximum atomic E-state index is 12.1. The average molecular weight is 268 g/mol. The van der Waals surface area contributed by atoms with Crippen molar-refractivity contribution in [2.75, 3.05) is 5.32 Å². The van der Waals surface area contributed by atoms with Gasteiger partial charge in [-0.05, 0) is 36.8 Å². The highest BCUT2D eigenvalue weighted by Crippen LogP contribution is 2.09. The number of nitrogens with zero attached hydrogens (tertiary/aromatic N) is 2. The van der Waals surface area contributed by atoms with Crippen LogP contribution in [-0.2, 0) is 0 Å². The number of hydrogen-bond acceptors (Lipinski definition) is 3. The summed E-state index contributed by atoms with van der Waals surface area (Å²) in [5.74, 6) is -0.414. The van der Waals surface area contributed by atoms with Crippen LogP contribution < -0.4 is 10.9 Å². The minimum atomic E-state index is -0.414. The molecule has 2 N–H and O–H groups in total. The van der Waals surface area contributed by atoms with Crippen molar-refractivity contribution < 1.29 is 4.79 Å². The van der Waals surface area contributed by atoms with Crippen LogP contribution in [0.1, 0.15) is 16.1 Å². The van der Waals surface area contributed by atoms with Gasteiger partial charge in [-0.1, -0.05) is 0 Å². The molecule has 1 amide bonds. The summed E-state index contributed by atoms with van der Waals surface area (Å²) < 4.78 is 1.76. The van der Waals surface area contributed by atoms with E-state index in [9.17, 15) is 9.59 Å². The van der Waals surface area contributed by atoms with Gasteiger partial charge in [0, 0.05) is 18.6 Å². The second-order valence-electron chi connectivity index (χ2n) is 4.46. The molecule has 0 fully saturated rings. The van der Waals surface area contributed by atoms with E-state index in [1.54, 1.807) is 16.7 Å². The van der Waals surface area contributed by atoms with Gasteiger partial charge in [0.25, 0.3) is 11.5 Å². The van der Waals surface area contributed by atoms with Crippen molar-refractivity contribution in [3.63, 3.8) is 0 Å². The first-order chi connectivity index (χ1) is 9.63. The SMILES string of the molecule is Cc1ccn2cc(C(=O)Nc3ccc[nH]c3=O)nc2c1. The molecular weight excluding hydrogens is 256 g/mol. The number of H-pyrrole nitrogens is 1. The minimum absolute atomic E-state index is 0.200. The van der Waals surface area contributed by atoms with Crippen LogP contribution >= 0.6 is 0 Å². The molecule has 0 bridgehead atoms. The summed E-state index contributed by atoms with van der Waals surface area (Å²) in [6.45, 7) is 1.96. The molecule has 0 atom stereocenters. The highest BCUT2D eigenvalue weighted by molar-refractivity contribution is 6.03. The smallest absolute Gasteiger partial charge is 0.276 e. The molecule has 0 saturated carbocycles. The van der Waals surface area contributed by atoms with Gasteiger partial charge < -0.3 is 14.7 Å². The summed E-state index contributed by atoms with van der Waals surface area (Å²) in [6.07, 6.45) is 4.97. The van der Waals surface area contributed by atoms with Gasteiger partial charge in [-0.15, -0.1) is 0 Å². The van der Waals surface area contributed by atoms with Crippen LogP contribution in [0.4, 0.5) is 5.69 Å².